The molecule has 1 aromatic carbocycles. The molecule has 1 aliphatic rings. The maximum absolute atomic E-state index is 13.0. The topological polar surface area (TPSA) is 98.5 Å². The lowest BCUT2D eigenvalue weighted by Gasteiger charge is -2.21. The Morgan fingerprint density at radius 2 is 2.24 bits per heavy atom. The smallest absolute Gasteiger partial charge is 0.322 e. The molecule has 0 saturated carbocycles. The van der Waals surface area contributed by atoms with Crippen LogP contribution in [0.15, 0.2) is 18.2 Å². The maximum Gasteiger partial charge on any atom is 0.322 e. The molecule has 0 spiro atoms. The van der Waals surface area contributed by atoms with Crippen LogP contribution in [0.5, 0.6) is 0 Å². The minimum Gasteiger partial charge on any atom is -0.480 e. The first-order chi connectivity index (χ1) is 9.85. The van der Waals surface area contributed by atoms with Gasteiger partial charge in [0.15, 0.2) is 0 Å². The molecule has 2 rings (SSSR count). The number of hydrogen-bond donors (Lipinski definition) is 1. The molecule has 1 heterocycles. The largest absolute Gasteiger partial charge is 0.480 e. The van der Waals surface area contributed by atoms with Crippen molar-refractivity contribution >= 4 is 16.0 Å². The molecule has 21 heavy (non-hydrogen) atoms. The maximum atomic E-state index is 13.0. The molecule has 1 aliphatic heterocycles. The molecular weight excluding hydrogens is 299 g/mol. The Hall–Kier alpha value is -1.98. The van der Waals surface area contributed by atoms with Crippen molar-refractivity contribution in [2.75, 3.05) is 6.54 Å². The van der Waals surface area contributed by atoms with E-state index in [1.807, 2.05) is 0 Å². The molecule has 0 bridgehead atoms. The Balaban J connectivity index is 2.30. The number of halogens is 1. The minimum atomic E-state index is -3.87. The molecule has 1 fully saturated rings. The number of rotatable bonds is 4. The number of nitriles is 1. The van der Waals surface area contributed by atoms with Gasteiger partial charge in [-0.05, 0) is 30.5 Å². The number of carboxylic acids is 1. The van der Waals surface area contributed by atoms with Gasteiger partial charge in [0.05, 0.1) is 17.4 Å². The highest BCUT2D eigenvalue weighted by Gasteiger charge is 2.38. The van der Waals surface area contributed by atoms with Crippen molar-refractivity contribution < 1.29 is 22.7 Å². The van der Waals surface area contributed by atoms with E-state index < -0.39 is 33.6 Å². The van der Waals surface area contributed by atoms with Gasteiger partial charge in [0.25, 0.3) is 0 Å². The van der Waals surface area contributed by atoms with Gasteiger partial charge in [0.1, 0.15) is 11.9 Å². The van der Waals surface area contributed by atoms with Crippen molar-refractivity contribution in [1.82, 2.24) is 4.31 Å². The van der Waals surface area contributed by atoms with Crippen LogP contribution in [0.4, 0.5) is 4.39 Å². The molecule has 0 radical (unpaired) electrons. The Morgan fingerprint density at radius 1 is 1.52 bits per heavy atom. The second-order valence-electron chi connectivity index (χ2n) is 4.78. The van der Waals surface area contributed by atoms with Gasteiger partial charge in [0, 0.05) is 6.54 Å². The van der Waals surface area contributed by atoms with Crippen molar-refractivity contribution in [3.8, 4) is 6.07 Å². The van der Waals surface area contributed by atoms with Crippen LogP contribution in [0.3, 0.4) is 0 Å². The van der Waals surface area contributed by atoms with Crippen LogP contribution in [-0.2, 0) is 20.6 Å². The Labute approximate surface area is 121 Å². The number of sulfonamides is 1. The van der Waals surface area contributed by atoms with E-state index in [2.05, 4.69) is 0 Å². The van der Waals surface area contributed by atoms with E-state index in [0.717, 1.165) is 16.4 Å². The lowest BCUT2D eigenvalue weighted by molar-refractivity contribution is -0.140. The molecule has 6 nitrogen and oxygen atoms in total. The SMILES string of the molecule is N#Cc1cc(F)ccc1CS(=O)(=O)N1CCCC1C(=O)O. The van der Waals surface area contributed by atoms with E-state index in [4.69, 9.17) is 10.4 Å². The summed E-state index contributed by atoms with van der Waals surface area (Å²) in [5.74, 6) is -2.33. The van der Waals surface area contributed by atoms with Gasteiger partial charge < -0.3 is 5.11 Å². The van der Waals surface area contributed by atoms with Crippen molar-refractivity contribution in [3.05, 3.63) is 35.1 Å². The average Bonchev–Trinajstić information content (AvgIpc) is 2.91. The zero-order valence-electron chi connectivity index (χ0n) is 11.0. The third-order valence-corrected chi connectivity index (χ3v) is 5.20. The number of carbonyl (C=O) groups is 1. The standard InChI is InChI=1S/C13H13FN2O4S/c14-11-4-3-9(10(6-11)7-15)8-21(19,20)16-5-1-2-12(16)13(17)18/h3-4,6,12H,1-2,5,8H2,(H,17,18). The first-order valence-corrected chi connectivity index (χ1v) is 7.87. The van der Waals surface area contributed by atoms with Crippen molar-refractivity contribution in [2.45, 2.75) is 24.6 Å². The van der Waals surface area contributed by atoms with E-state index in [1.54, 1.807) is 6.07 Å². The number of carboxylic acid groups (broad SMARTS) is 1. The summed E-state index contributed by atoms with van der Waals surface area (Å²) in [6, 6.07) is 3.94. The van der Waals surface area contributed by atoms with Gasteiger partial charge in [-0.3, -0.25) is 4.79 Å². The van der Waals surface area contributed by atoms with Crippen LogP contribution >= 0.6 is 0 Å². The van der Waals surface area contributed by atoms with E-state index in [0.29, 0.717) is 6.42 Å². The van der Waals surface area contributed by atoms with Crippen LogP contribution in [-0.4, -0.2) is 36.4 Å². The highest BCUT2D eigenvalue weighted by Crippen LogP contribution is 2.24. The van der Waals surface area contributed by atoms with Gasteiger partial charge in [-0.2, -0.15) is 9.57 Å². The summed E-state index contributed by atoms with van der Waals surface area (Å²) in [6.07, 6.45) is 0.744. The average molecular weight is 312 g/mol. The molecule has 1 atom stereocenters. The van der Waals surface area contributed by atoms with E-state index >= 15 is 0 Å². The second-order valence-corrected chi connectivity index (χ2v) is 6.70. The minimum absolute atomic E-state index is 0.0651. The molecule has 1 unspecified atom stereocenters. The molecule has 1 N–H and O–H groups in total. The summed E-state index contributed by atoms with van der Waals surface area (Å²) in [4.78, 5) is 11.1. The third kappa shape index (κ3) is 3.20. The predicted molar refractivity (Wildman–Crippen MR) is 71.1 cm³/mol. The lowest BCUT2D eigenvalue weighted by atomic mass is 10.1. The van der Waals surface area contributed by atoms with Gasteiger partial charge in [-0.1, -0.05) is 6.07 Å². The van der Waals surface area contributed by atoms with E-state index in [1.165, 1.54) is 6.07 Å². The second kappa shape index (κ2) is 5.79. The van der Waals surface area contributed by atoms with Crippen molar-refractivity contribution in [3.63, 3.8) is 0 Å². The van der Waals surface area contributed by atoms with E-state index in [-0.39, 0.29) is 24.1 Å². The third-order valence-electron chi connectivity index (χ3n) is 3.38. The quantitative estimate of drug-likeness (QED) is 0.897. The molecule has 0 amide bonds. The van der Waals surface area contributed by atoms with Crippen LogP contribution in [0.25, 0.3) is 0 Å². The molecule has 1 saturated heterocycles. The molecule has 112 valence electrons. The summed E-state index contributed by atoms with van der Waals surface area (Å²) >= 11 is 0. The highest BCUT2D eigenvalue weighted by molar-refractivity contribution is 7.88. The number of benzene rings is 1. The van der Waals surface area contributed by atoms with Gasteiger partial charge in [-0.15, -0.1) is 0 Å². The van der Waals surface area contributed by atoms with Gasteiger partial charge in [-0.25, -0.2) is 12.8 Å². The number of nitrogens with zero attached hydrogens (tertiary/aromatic N) is 2. The highest BCUT2D eigenvalue weighted by atomic mass is 32.2. The predicted octanol–water partition coefficient (Wildman–Crippen LogP) is 1.08. The zero-order chi connectivity index (χ0) is 15.6. The summed E-state index contributed by atoms with van der Waals surface area (Å²) in [5.41, 5.74) is 0.0968. The molecule has 8 heteroatoms. The van der Waals surface area contributed by atoms with E-state index in [9.17, 15) is 17.6 Å². The molecule has 0 aromatic heterocycles. The first-order valence-electron chi connectivity index (χ1n) is 6.26. The first kappa shape index (κ1) is 15.4. The van der Waals surface area contributed by atoms with Gasteiger partial charge in [0.2, 0.25) is 10.0 Å². The Morgan fingerprint density at radius 3 is 2.86 bits per heavy atom. The molecular formula is C13H13FN2O4S. The Bertz CT molecular complexity index is 711. The van der Waals surface area contributed by atoms with Gasteiger partial charge >= 0.3 is 5.97 Å². The fourth-order valence-corrected chi connectivity index (χ4v) is 4.18. The number of aliphatic carboxylic acids is 1. The zero-order valence-corrected chi connectivity index (χ0v) is 11.8. The number of hydrogen-bond acceptors (Lipinski definition) is 4. The molecule has 1 aromatic rings. The fraction of sp³-hybridized carbons (Fsp3) is 0.385. The van der Waals surface area contributed by atoms with Crippen LogP contribution in [0, 0.1) is 17.1 Å². The summed E-state index contributed by atoms with van der Waals surface area (Å²) in [6.45, 7) is 0.141. The molecule has 0 aliphatic carbocycles. The Kier molecular flexibility index (Phi) is 4.25. The summed E-state index contributed by atoms with van der Waals surface area (Å²) < 4.78 is 38.7. The summed E-state index contributed by atoms with van der Waals surface area (Å²) in [7, 11) is -3.87. The normalized spacial score (nSPS) is 19.3. The lowest BCUT2D eigenvalue weighted by Crippen LogP contribution is -2.41. The van der Waals surface area contributed by atoms with Crippen LogP contribution < -0.4 is 0 Å². The van der Waals surface area contributed by atoms with Crippen LogP contribution in [0.1, 0.15) is 24.0 Å². The monoisotopic (exact) mass is 312 g/mol. The van der Waals surface area contributed by atoms with Crippen molar-refractivity contribution in [2.24, 2.45) is 0 Å². The van der Waals surface area contributed by atoms with Crippen LogP contribution in [0.2, 0.25) is 0 Å². The fourth-order valence-electron chi connectivity index (χ4n) is 2.38. The summed E-state index contributed by atoms with van der Waals surface area (Å²) in [5, 5.41) is 18.0. The van der Waals surface area contributed by atoms with Crippen molar-refractivity contribution in [1.29, 1.82) is 5.26 Å².